The van der Waals surface area contributed by atoms with E-state index in [2.05, 4.69) is 15.3 Å². The van der Waals surface area contributed by atoms with E-state index in [4.69, 9.17) is 0 Å². The Hall–Kier alpha value is -1.82. The van der Waals surface area contributed by atoms with Crippen molar-refractivity contribution in [3.05, 3.63) is 36.8 Å². The fourth-order valence-electron chi connectivity index (χ4n) is 2.43. The van der Waals surface area contributed by atoms with Gasteiger partial charge in [0, 0.05) is 11.7 Å². The summed E-state index contributed by atoms with van der Waals surface area (Å²) in [7, 11) is -2.80. The van der Waals surface area contributed by atoms with Crippen molar-refractivity contribution in [2.45, 2.75) is 18.9 Å². The van der Waals surface area contributed by atoms with Gasteiger partial charge in [-0.1, -0.05) is 12.1 Å². The van der Waals surface area contributed by atoms with Crippen molar-refractivity contribution in [3.63, 3.8) is 0 Å². The molecule has 2 aromatic rings. The van der Waals surface area contributed by atoms with E-state index in [9.17, 15) is 8.42 Å². The lowest BCUT2D eigenvalue weighted by molar-refractivity contribution is 0.559. The molecule has 1 aliphatic rings. The topological polar surface area (TPSA) is 74.8 Å². The number of benzene rings is 1. The molecule has 20 heavy (non-hydrogen) atoms. The first kappa shape index (κ1) is 13.2. The van der Waals surface area contributed by atoms with Gasteiger partial charge in [0.05, 0.1) is 29.7 Å². The molecule has 6 heteroatoms. The number of hydrogen-bond donors (Lipinski definition) is 2. The Morgan fingerprint density at radius 3 is 2.45 bits per heavy atom. The van der Waals surface area contributed by atoms with Crippen molar-refractivity contribution in [2.75, 3.05) is 16.8 Å². The molecule has 0 spiro atoms. The largest absolute Gasteiger partial charge is 0.382 e. The zero-order chi connectivity index (χ0) is 14.0. The lowest BCUT2D eigenvalue weighted by Crippen LogP contribution is -2.32. The summed E-state index contributed by atoms with van der Waals surface area (Å²) in [5.74, 6) is 0.577. The summed E-state index contributed by atoms with van der Waals surface area (Å²) in [4.78, 5) is 7.07. The van der Waals surface area contributed by atoms with Gasteiger partial charge in [0.1, 0.15) is 9.84 Å². The van der Waals surface area contributed by atoms with Crippen LogP contribution in [-0.4, -0.2) is 35.9 Å². The molecule has 1 aromatic carbocycles. The molecule has 5 nitrogen and oxygen atoms in total. The number of nitrogens with one attached hydrogen (secondary N) is 2. The lowest BCUT2D eigenvalue weighted by Gasteiger charge is -2.24. The van der Waals surface area contributed by atoms with Crippen LogP contribution >= 0.6 is 0 Å². The third kappa shape index (κ3) is 3.01. The first-order valence-electron chi connectivity index (χ1n) is 6.68. The van der Waals surface area contributed by atoms with Gasteiger partial charge in [-0.05, 0) is 30.5 Å². The van der Waals surface area contributed by atoms with Crippen LogP contribution in [0.15, 0.2) is 36.8 Å². The smallest absolute Gasteiger partial charge is 0.150 e. The van der Waals surface area contributed by atoms with Crippen molar-refractivity contribution >= 4 is 15.5 Å². The predicted molar refractivity (Wildman–Crippen MR) is 79.3 cm³/mol. The summed E-state index contributed by atoms with van der Waals surface area (Å²) in [6.45, 7) is 0. The summed E-state index contributed by atoms with van der Waals surface area (Å²) < 4.78 is 22.8. The molecule has 0 amide bonds. The first-order valence-corrected chi connectivity index (χ1v) is 8.50. The number of H-pyrrole nitrogens is 1. The van der Waals surface area contributed by atoms with Crippen LogP contribution in [0.1, 0.15) is 12.8 Å². The summed E-state index contributed by atoms with van der Waals surface area (Å²) >= 11 is 0. The molecule has 3 rings (SSSR count). The minimum absolute atomic E-state index is 0.247. The number of rotatable bonds is 3. The molecule has 0 radical (unpaired) electrons. The Kier molecular flexibility index (Phi) is 3.48. The summed E-state index contributed by atoms with van der Waals surface area (Å²) in [5.41, 5.74) is 3.09. The van der Waals surface area contributed by atoms with E-state index < -0.39 is 9.84 Å². The maximum absolute atomic E-state index is 11.4. The van der Waals surface area contributed by atoms with Gasteiger partial charge in [0.2, 0.25) is 0 Å². The number of imidazole rings is 1. The van der Waals surface area contributed by atoms with E-state index in [1.165, 1.54) is 0 Å². The number of hydrogen-bond acceptors (Lipinski definition) is 4. The number of nitrogens with zero attached hydrogens (tertiary/aromatic N) is 1. The molecule has 0 bridgehead atoms. The van der Waals surface area contributed by atoms with Crippen molar-refractivity contribution in [2.24, 2.45) is 0 Å². The average molecular weight is 291 g/mol. The molecular weight excluding hydrogens is 274 g/mol. The van der Waals surface area contributed by atoms with E-state index in [0.29, 0.717) is 12.8 Å². The normalized spacial score (nSPS) is 18.8. The van der Waals surface area contributed by atoms with Crippen LogP contribution in [0, 0.1) is 0 Å². The zero-order valence-corrected chi connectivity index (χ0v) is 11.9. The van der Waals surface area contributed by atoms with Crippen molar-refractivity contribution in [1.29, 1.82) is 0 Å². The monoisotopic (exact) mass is 291 g/mol. The molecule has 0 saturated carbocycles. The summed E-state index contributed by atoms with van der Waals surface area (Å²) in [6, 6.07) is 8.32. The van der Waals surface area contributed by atoms with E-state index in [-0.39, 0.29) is 17.5 Å². The molecule has 1 aromatic heterocycles. The molecule has 0 unspecified atom stereocenters. The number of aromatic amines is 1. The zero-order valence-electron chi connectivity index (χ0n) is 11.0. The molecule has 0 atom stereocenters. The van der Waals surface area contributed by atoms with E-state index >= 15 is 0 Å². The standard InChI is InChI=1S/C14H17N3O2S/c18-20(19)7-5-13(6-8-20)17-12-3-1-11(2-4-12)14-9-15-10-16-14/h1-4,9-10,13,17H,5-8H2,(H,15,16). The van der Waals surface area contributed by atoms with Crippen LogP contribution < -0.4 is 5.32 Å². The van der Waals surface area contributed by atoms with Crippen molar-refractivity contribution in [1.82, 2.24) is 9.97 Å². The second-order valence-electron chi connectivity index (χ2n) is 5.11. The second kappa shape index (κ2) is 5.28. The quantitative estimate of drug-likeness (QED) is 0.907. The molecule has 0 aliphatic carbocycles. The Morgan fingerprint density at radius 1 is 1.15 bits per heavy atom. The maximum Gasteiger partial charge on any atom is 0.150 e. The van der Waals surface area contributed by atoms with Crippen molar-refractivity contribution < 1.29 is 8.42 Å². The maximum atomic E-state index is 11.4. The van der Waals surface area contributed by atoms with Crippen LogP contribution in [0.25, 0.3) is 11.3 Å². The third-order valence-electron chi connectivity index (χ3n) is 3.62. The summed E-state index contributed by atoms with van der Waals surface area (Å²) in [6.07, 6.45) is 4.81. The van der Waals surface area contributed by atoms with Gasteiger partial charge in [-0.25, -0.2) is 13.4 Å². The molecule has 1 saturated heterocycles. The van der Waals surface area contributed by atoms with Crippen LogP contribution in [0.4, 0.5) is 5.69 Å². The van der Waals surface area contributed by atoms with Gasteiger partial charge in [-0.15, -0.1) is 0 Å². The minimum atomic E-state index is -2.80. The fraction of sp³-hybridized carbons (Fsp3) is 0.357. The highest BCUT2D eigenvalue weighted by Crippen LogP contribution is 2.21. The fourth-order valence-corrected chi connectivity index (χ4v) is 3.92. The Labute approximate surface area is 118 Å². The number of aromatic nitrogens is 2. The SMILES string of the molecule is O=S1(=O)CCC(Nc2ccc(-c3cnc[nH]3)cc2)CC1. The molecule has 106 valence electrons. The van der Waals surface area contributed by atoms with Crippen LogP contribution in [0.5, 0.6) is 0 Å². The summed E-state index contributed by atoms with van der Waals surface area (Å²) in [5, 5.41) is 3.40. The molecule has 1 aliphatic heterocycles. The van der Waals surface area contributed by atoms with Crippen molar-refractivity contribution in [3.8, 4) is 11.3 Å². The van der Waals surface area contributed by atoms with Gasteiger partial charge in [0.15, 0.2) is 0 Å². The molecule has 2 heterocycles. The van der Waals surface area contributed by atoms with Gasteiger partial charge in [-0.2, -0.15) is 0 Å². The van der Waals surface area contributed by atoms with Crippen LogP contribution in [-0.2, 0) is 9.84 Å². The van der Waals surface area contributed by atoms with Crippen LogP contribution in [0.2, 0.25) is 0 Å². The Bertz CT molecular complexity index is 649. The number of sulfone groups is 1. The van der Waals surface area contributed by atoms with Crippen LogP contribution in [0.3, 0.4) is 0 Å². The minimum Gasteiger partial charge on any atom is -0.382 e. The molecule has 2 N–H and O–H groups in total. The van der Waals surface area contributed by atoms with E-state index in [1.54, 1.807) is 12.5 Å². The third-order valence-corrected chi connectivity index (χ3v) is 5.33. The number of anilines is 1. The second-order valence-corrected chi connectivity index (χ2v) is 7.42. The lowest BCUT2D eigenvalue weighted by atomic mass is 10.1. The first-order chi connectivity index (χ1) is 9.62. The van der Waals surface area contributed by atoms with Gasteiger partial charge < -0.3 is 10.3 Å². The highest BCUT2D eigenvalue weighted by Gasteiger charge is 2.23. The van der Waals surface area contributed by atoms with E-state index in [0.717, 1.165) is 16.9 Å². The van der Waals surface area contributed by atoms with Gasteiger partial charge in [0.25, 0.3) is 0 Å². The molecule has 1 fully saturated rings. The molecular formula is C14H17N3O2S. The predicted octanol–water partition coefficient (Wildman–Crippen LogP) is 2.07. The Balaban J connectivity index is 1.64. The highest BCUT2D eigenvalue weighted by atomic mass is 32.2. The van der Waals surface area contributed by atoms with E-state index in [1.807, 2.05) is 24.3 Å². The average Bonchev–Trinajstić information content (AvgIpc) is 2.96. The highest BCUT2D eigenvalue weighted by molar-refractivity contribution is 7.91. The van der Waals surface area contributed by atoms with Gasteiger partial charge >= 0.3 is 0 Å². The van der Waals surface area contributed by atoms with Gasteiger partial charge in [-0.3, -0.25) is 0 Å². The Morgan fingerprint density at radius 2 is 1.85 bits per heavy atom.